The lowest BCUT2D eigenvalue weighted by atomic mass is 9.84. The van der Waals surface area contributed by atoms with E-state index in [1.807, 2.05) is 36.5 Å². The highest BCUT2D eigenvalue weighted by atomic mass is 16.3. The molecule has 0 aliphatic carbocycles. The summed E-state index contributed by atoms with van der Waals surface area (Å²) in [6.45, 7) is 15.5. The molecule has 234 valence electrons. The standard InChI is InChI=1S/C43H41N3O/c1-27-21-34(28-13-11-14-29(23-28)35-26-32(43(5,6)7)24-30-15-12-20-44-39(30)35)40-37(22-27)46(33-16-9-8-10-17-33)41(45-40)36-25-31(42(2,3)4)18-19-38(36)47/h8-26,47H,1-7H3. The van der Waals surface area contributed by atoms with Gasteiger partial charge in [0.05, 0.1) is 22.1 Å². The number of imidazole rings is 1. The predicted octanol–water partition coefficient (Wildman–Crippen LogP) is 11.2. The van der Waals surface area contributed by atoms with Crippen molar-refractivity contribution in [2.24, 2.45) is 0 Å². The minimum Gasteiger partial charge on any atom is -0.507 e. The third-order valence-electron chi connectivity index (χ3n) is 9.08. The van der Waals surface area contributed by atoms with E-state index < -0.39 is 0 Å². The first-order valence-corrected chi connectivity index (χ1v) is 16.3. The van der Waals surface area contributed by atoms with Crippen molar-refractivity contribution in [1.29, 1.82) is 0 Å². The molecule has 5 aromatic carbocycles. The summed E-state index contributed by atoms with van der Waals surface area (Å²) < 4.78 is 2.18. The molecule has 7 aromatic rings. The Labute approximate surface area is 277 Å². The zero-order valence-corrected chi connectivity index (χ0v) is 28.3. The Bertz CT molecular complexity index is 2280. The van der Waals surface area contributed by atoms with E-state index in [0.717, 1.165) is 61.0 Å². The van der Waals surface area contributed by atoms with Crippen LogP contribution in [-0.4, -0.2) is 19.6 Å². The van der Waals surface area contributed by atoms with Gasteiger partial charge in [-0.1, -0.05) is 90.1 Å². The molecule has 0 unspecified atom stereocenters. The van der Waals surface area contributed by atoms with Crippen LogP contribution in [0.2, 0.25) is 0 Å². The van der Waals surface area contributed by atoms with Crippen molar-refractivity contribution in [3.8, 4) is 45.1 Å². The van der Waals surface area contributed by atoms with E-state index in [0.29, 0.717) is 11.4 Å². The van der Waals surface area contributed by atoms with Gasteiger partial charge in [0.2, 0.25) is 0 Å². The summed E-state index contributed by atoms with van der Waals surface area (Å²) in [5.41, 5.74) is 12.4. The van der Waals surface area contributed by atoms with Gasteiger partial charge in [0.1, 0.15) is 11.6 Å². The minimum absolute atomic E-state index is 0.00434. The summed E-state index contributed by atoms with van der Waals surface area (Å²) in [5.74, 6) is 0.926. The molecule has 2 aromatic heterocycles. The molecule has 2 heterocycles. The second-order valence-electron chi connectivity index (χ2n) is 14.7. The fourth-order valence-electron chi connectivity index (χ4n) is 6.44. The van der Waals surface area contributed by atoms with E-state index in [1.54, 1.807) is 6.07 Å². The Morgan fingerprint density at radius 2 is 1.28 bits per heavy atom. The first-order chi connectivity index (χ1) is 22.4. The highest BCUT2D eigenvalue weighted by Crippen LogP contribution is 2.41. The Morgan fingerprint density at radius 1 is 0.596 bits per heavy atom. The third kappa shape index (κ3) is 5.59. The monoisotopic (exact) mass is 615 g/mol. The minimum atomic E-state index is -0.0858. The van der Waals surface area contributed by atoms with Crippen molar-refractivity contribution in [2.75, 3.05) is 0 Å². The van der Waals surface area contributed by atoms with E-state index >= 15 is 0 Å². The van der Waals surface area contributed by atoms with Crippen LogP contribution in [0.4, 0.5) is 0 Å². The van der Waals surface area contributed by atoms with Crippen molar-refractivity contribution < 1.29 is 5.11 Å². The summed E-state index contributed by atoms with van der Waals surface area (Å²) in [6, 6.07) is 38.1. The molecular formula is C43H41N3O. The van der Waals surface area contributed by atoms with Crippen molar-refractivity contribution in [2.45, 2.75) is 59.3 Å². The van der Waals surface area contributed by atoms with Gasteiger partial charge in [-0.15, -0.1) is 0 Å². The fraction of sp³-hybridized carbons (Fsp3) is 0.209. The molecule has 0 atom stereocenters. The van der Waals surface area contributed by atoms with Crippen LogP contribution in [-0.2, 0) is 10.8 Å². The number of phenolic OH excluding ortho intramolecular Hbond substituents is 1. The van der Waals surface area contributed by atoms with Gasteiger partial charge in [-0.2, -0.15) is 0 Å². The number of fused-ring (bicyclic) bond motifs is 2. The summed E-state index contributed by atoms with van der Waals surface area (Å²) in [4.78, 5) is 10.2. The Morgan fingerprint density at radius 3 is 1.98 bits per heavy atom. The number of aryl methyl sites for hydroxylation is 1. The van der Waals surface area contributed by atoms with E-state index in [1.165, 1.54) is 5.56 Å². The molecule has 0 bridgehead atoms. The quantitative estimate of drug-likeness (QED) is 0.214. The highest BCUT2D eigenvalue weighted by molar-refractivity contribution is 5.99. The average molecular weight is 616 g/mol. The number of hydrogen-bond donors (Lipinski definition) is 1. The van der Waals surface area contributed by atoms with Gasteiger partial charge < -0.3 is 5.11 Å². The van der Waals surface area contributed by atoms with Crippen molar-refractivity contribution in [3.63, 3.8) is 0 Å². The molecule has 7 rings (SSSR count). The SMILES string of the molecule is Cc1cc(-c2cccc(-c3cc(C(C)(C)C)cc4cccnc34)c2)c2nc(-c3cc(C(C)(C)C)ccc3O)n(-c3ccccc3)c2c1. The maximum absolute atomic E-state index is 11.3. The number of nitrogens with zero attached hydrogens (tertiary/aromatic N) is 3. The second kappa shape index (κ2) is 11.2. The van der Waals surface area contributed by atoms with Crippen LogP contribution in [0.15, 0.2) is 115 Å². The number of benzene rings is 5. The van der Waals surface area contributed by atoms with Gasteiger partial charge in [0, 0.05) is 28.4 Å². The molecule has 0 radical (unpaired) electrons. The molecule has 0 saturated heterocycles. The van der Waals surface area contributed by atoms with Gasteiger partial charge in [-0.25, -0.2) is 4.98 Å². The zero-order chi connectivity index (χ0) is 33.1. The largest absolute Gasteiger partial charge is 0.507 e. The molecule has 0 saturated carbocycles. The number of pyridine rings is 1. The lowest BCUT2D eigenvalue weighted by Gasteiger charge is -2.21. The lowest BCUT2D eigenvalue weighted by Crippen LogP contribution is -2.11. The molecule has 0 fully saturated rings. The summed E-state index contributed by atoms with van der Waals surface area (Å²) in [6.07, 6.45) is 1.87. The van der Waals surface area contributed by atoms with Gasteiger partial charge in [0.15, 0.2) is 0 Å². The first kappa shape index (κ1) is 30.4. The molecule has 0 aliphatic rings. The summed E-state index contributed by atoms with van der Waals surface area (Å²) in [5, 5.41) is 12.4. The maximum atomic E-state index is 11.3. The highest BCUT2D eigenvalue weighted by Gasteiger charge is 2.23. The summed E-state index contributed by atoms with van der Waals surface area (Å²) >= 11 is 0. The van der Waals surface area contributed by atoms with Crippen molar-refractivity contribution in [1.82, 2.24) is 14.5 Å². The normalized spacial score (nSPS) is 12.2. The Hall–Kier alpha value is -5.22. The van der Waals surface area contributed by atoms with Crippen LogP contribution >= 0.6 is 0 Å². The smallest absolute Gasteiger partial charge is 0.149 e. The lowest BCUT2D eigenvalue weighted by molar-refractivity contribution is 0.475. The van der Waals surface area contributed by atoms with Gasteiger partial charge in [-0.05, 0) is 106 Å². The van der Waals surface area contributed by atoms with E-state index in [4.69, 9.17) is 9.97 Å². The first-order valence-electron chi connectivity index (χ1n) is 16.3. The molecule has 0 amide bonds. The van der Waals surface area contributed by atoms with Gasteiger partial charge in [0.25, 0.3) is 0 Å². The fourth-order valence-corrected chi connectivity index (χ4v) is 6.44. The predicted molar refractivity (Wildman–Crippen MR) is 196 cm³/mol. The number of aromatic nitrogens is 3. The van der Waals surface area contributed by atoms with Crippen LogP contribution < -0.4 is 0 Å². The number of aromatic hydroxyl groups is 1. The molecule has 0 spiro atoms. The summed E-state index contributed by atoms with van der Waals surface area (Å²) in [7, 11) is 0. The Kier molecular flexibility index (Phi) is 7.28. The topological polar surface area (TPSA) is 50.9 Å². The zero-order valence-electron chi connectivity index (χ0n) is 28.3. The van der Waals surface area contributed by atoms with E-state index in [-0.39, 0.29) is 16.6 Å². The number of para-hydroxylation sites is 1. The molecule has 47 heavy (non-hydrogen) atoms. The van der Waals surface area contributed by atoms with Crippen LogP contribution in [0, 0.1) is 6.92 Å². The molecule has 1 N–H and O–H groups in total. The molecule has 4 heteroatoms. The van der Waals surface area contributed by atoms with Crippen LogP contribution in [0.25, 0.3) is 61.3 Å². The molecular weight excluding hydrogens is 574 g/mol. The molecule has 0 aliphatic heterocycles. The van der Waals surface area contributed by atoms with Gasteiger partial charge >= 0.3 is 0 Å². The number of hydrogen-bond acceptors (Lipinski definition) is 3. The van der Waals surface area contributed by atoms with E-state index in [9.17, 15) is 5.11 Å². The van der Waals surface area contributed by atoms with Crippen LogP contribution in [0.3, 0.4) is 0 Å². The maximum Gasteiger partial charge on any atom is 0.149 e. The van der Waals surface area contributed by atoms with Gasteiger partial charge in [-0.3, -0.25) is 9.55 Å². The number of phenols is 1. The molecule has 4 nitrogen and oxygen atoms in total. The van der Waals surface area contributed by atoms with Crippen LogP contribution in [0.1, 0.15) is 58.2 Å². The van der Waals surface area contributed by atoms with E-state index in [2.05, 4.69) is 126 Å². The Balaban J connectivity index is 1.49. The van der Waals surface area contributed by atoms with Crippen molar-refractivity contribution in [3.05, 3.63) is 132 Å². The van der Waals surface area contributed by atoms with Crippen molar-refractivity contribution >= 4 is 21.9 Å². The average Bonchev–Trinajstić information content (AvgIpc) is 3.42. The second-order valence-corrected chi connectivity index (χ2v) is 14.7. The van der Waals surface area contributed by atoms with Crippen LogP contribution in [0.5, 0.6) is 5.75 Å². The third-order valence-corrected chi connectivity index (χ3v) is 9.08. The number of rotatable bonds is 4.